The van der Waals surface area contributed by atoms with Gasteiger partial charge in [0.15, 0.2) is 5.82 Å². The number of nitrogens with zero attached hydrogens (tertiary/aromatic N) is 2. The molecule has 0 radical (unpaired) electrons. The monoisotopic (exact) mass is 240 g/mol. The van der Waals surface area contributed by atoms with Gasteiger partial charge in [-0.2, -0.15) is 4.98 Å². The summed E-state index contributed by atoms with van der Waals surface area (Å²) in [6, 6.07) is 0. The van der Waals surface area contributed by atoms with Crippen LogP contribution >= 0.6 is 0 Å². The predicted octanol–water partition coefficient (Wildman–Crippen LogP) is -0.845. The van der Waals surface area contributed by atoms with Gasteiger partial charge in [-0.15, -0.1) is 0 Å². The lowest BCUT2D eigenvalue weighted by Crippen LogP contribution is -2.54. The molecule has 1 fully saturated rings. The van der Waals surface area contributed by atoms with Gasteiger partial charge in [-0.25, -0.2) is 0 Å². The van der Waals surface area contributed by atoms with E-state index < -0.39 is 5.54 Å². The highest BCUT2D eigenvalue weighted by Crippen LogP contribution is 2.15. The number of rotatable bonds is 4. The fraction of sp³-hybridized carbons (Fsp3) is 0.700. The molecule has 1 aromatic rings. The minimum absolute atomic E-state index is 0.189. The zero-order chi connectivity index (χ0) is 12.3. The molecule has 7 nitrogen and oxygen atoms in total. The molecule has 1 atom stereocenters. The molecule has 0 saturated carbocycles. The number of aromatic nitrogens is 2. The maximum absolute atomic E-state index is 11.8. The van der Waals surface area contributed by atoms with Crippen molar-refractivity contribution in [2.75, 3.05) is 19.8 Å². The van der Waals surface area contributed by atoms with Crippen LogP contribution in [0.4, 0.5) is 0 Å². The third-order valence-corrected chi connectivity index (χ3v) is 2.70. The number of nitrogens with two attached hydrogens (primary N) is 1. The topological polar surface area (TPSA) is 103 Å². The summed E-state index contributed by atoms with van der Waals surface area (Å²) in [7, 11) is 0. The molecule has 1 amide bonds. The number of nitrogens with one attached hydrogen (secondary N) is 1. The van der Waals surface area contributed by atoms with Crippen molar-refractivity contribution in [3.05, 3.63) is 11.7 Å². The van der Waals surface area contributed by atoms with E-state index in [0.717, 1.165) is 0 Å². The van der Waals surface area contributed by atoms with Crippen molar-refractivity contribution in [2.24, 2.45) is 5.73 Å². The first kappa shape index (κ1) is 12.0. The van der Waals surface area contributed by atoms with Crippen molar-refractivity contribution in [2.45, 2.75) is 25.3 Å². The second-order valence-electron chi connectivity index (χ2n) is 4.20. The number of ether oxygens (including phenoxy) is 1. The Morgan fingerprint density at radius 1 is 1.65 bits per heavy atom. The maximum Gasteiger partial charge on any atom is 0.242 e. The lowest BCUT2D eigenvalue weighted by Gasteiger charge is -2.20. The van der Waals surface area contributed by atoms with Crippen molar-refractivity contribution < 1.29 is 14.1 Å². The first-order valence-electron chi connectivity index (χ1n) is 5.54. The largest absolute Gasteiger partial charge is 0.379 e. The van der Waals surface area contributed by atoms with Crippen LogP contribution in [0.1, 0.15) is 18.1 Å². The Kier molecular flexibility index (Phi) is 3.39. The van der Waals surface area contributed by atoms with Crippen molar-refractivity contribution >= 4 is 5.91 Å². The highest BCUT2D eigenvalue weighted by Gasteiger charge is 2.37. The number of hydrogen-bond donors (Lipinski definition) is 2. The van der Waals surface area contributed by atoms with Crippen molar-refractivity contribution in [1.29, 1.82) is 0 Å². The molecule has 1 aliphatic heterocycles. The lowest BCUT2D eigenvalue weighted by molar-refractivity contribution is -0.126. The zero-order valence-corrected chi connectivity index (χ0v) is 9.73. The predicted molar refractivity (Wildman–Crippen MR) is 58.1 cm³/mol. The summed E-state index contributed by atoms with van der Waals surface area (Å²) in [4.78, 5) is 15.8. The molecule has 94 valence electrons. The summed E-state index contributed by atoms with van der Waals surface area (Å²) in [5.41, 5.74) is 5.01. The van der Waals surface area contributed by atoms with Crippen LogP contribution in [-0.4, -0.2) is 41.3 Å². The van der Waals surface area contributed by atoms with Gasteiger partial charge in [0.25, 0.3) is 0 Å². The van der Waals surface area contributed by atoms with Crippen LogP contribution in [0.3, 0.4) is 0 Å². The Morgan fingerprint density at radius 2 is 2.47 bits per heavy atom. The van der Waals surface area contributed by atoms with E-state index in [1.54, 1.807) is 6.92 Å². The summed E-state index contributed by atoms with van der Waals surface area (Å²) in [5, 5.41) is 6.41. The quantitative estimate of drug-likeness (QED) is 0.711. The van der Waals surface area contributed by atoms with Gasteiger partial charge in [0.1, 0.15) is 5.54 Å². The number of hydrogen-bond acceptors (Lipinski definition) is 6. The summed E-state index contributed by atoms with van der Waals surface area (Å²) in [6.07, 6.45) is 1.06. The van der Waals surface area contributed by atoms with E-state index in [-0.39, 0.29) is 12.5 Å². The molecule has 3 N–H and O–H groups in total. The van der Waals surface area contributed by atoms with Crippen LogP contribution in [0.5, 0.6) is 0 Å². The van der Waals surface area contributed by atoms with Gasteiger partial charge in [-0.3, -0.25) is 4.79 Å². The number of carbonyl (C=O) groups is 1. The van der Waals surface area contributed by atoms with Gasteiger partial charge in [0, 0.05) is 19.6 Å². The summed E-state index contributed by atoms with van der Waals surface area (Å²) in [6.45, 7) is 2.99. The van der Waals surface area contributed by atoms with E-state index in [0.29, 0.717) is 37.7 Å². The standard InChI is InChI=1S/C10H16N4O3/c1-7-13-8(17-14-7)2-4-12-9(15)10(11)3-5-16-6-10/h2-6,11H2,1H3,(H,12,15). The summed E-state index contributed by atoms with van der Waals surface area (Å²) < 4.78 is 10.1. The van der Waals surface area contributed by atoms with Crippen LogP contribution in [0.15, 0.2) is 4.52 Å². The first-order valence-corrected chi connectivity index (χ1v) is 5.54. The molecule has 0 spiro atoms. The molecule has 0 aromatic carbocycles. The molecule has 7 heteroatoms. The Balaban J connectivity index is 1.77. The molecule has 1 aromatic heterocycles. The van der Waals surface area contributed by atoms with Gasteiger partial charge < -0.3 is 20.3 Å². The molecule has 1 saturated heterocycles. The second kappa shape index (κ2) is 4.80. The van der Waals surface area contributed by atoms with E-state index in [1.165, 1.54) is 0 Å². The minimum Gasteiger partial charge on any atom is -0.379 e. The van der Waals surface area contributed by atoms with Gasteiger partial charge in [-0.05, 0) is 13.3 Å². The highest BCUT2D eigenvalue weighted by atomic mass is 16.5. The minimum atomic E-state index is -0.884. The molecule has 1 unspecified atom stereocenters. The van der Waals surface area contributed by atoms with E-state index >= 15 is 0 Å². The van der Waals surface area contributed by atoms with Gasteiger partial charge in [-0.1, -0.05) is 5.16 Å². The van der Waals surface area contributed by atoms with Crippen LogP contribution in [-0.2, 0) is 16.0 Å². The molecule has 17 heavy (non-hydrogen) atoms. The van der Waals surface area contributed by atoms with Crippen LogP contribution in [0.2, 0.25) is 0 Å². The average Bonchev–Trinajstić information content (AvgIpc) is 2.89. The normalized spacial score (nSPS) is 23.9. The number of aryl methyl sites for hydroxylation is 1. The molecule has 1 aliphatic rings. The molecule has 0 bridgehead atoms. The molecule has 2 rings (SSSR count). The average molecular weight is 240 g/mol. The smallest absolute Gasteiger partial charge is 0.242 e. The second-order valence-corrected chi connectivity index (χ2v) is 4.20. The Labute approximate surface area is 98.7 Å². The molecule has 0 aliphatic carbocycles. The third-order valence-electron chi connectivity index (χ3n) is 2.70. The van der Waals surface area contributed by atoms with E-state index in [1.807, 2.05) is 0 Å². The van der Waals surface area contributed by atoms with Gasteiger partial charge in [0.05, 0.1) is 6.61 Å². The van der Waals surface area contributed by atoms with Crippen molar-refractivity contribution in [3.63, 3.8) is 0 Å². The summed E-state index contributed by atoms with van der Waals surface area (Å²) >= 11 is 0. The van der Waals surface area contributed by atoms with Crippen LogP contribution in [0.25, 0.3) is 0 Å². The zero-order valence-electron chi connectivity index (χ0n) is 9.73. The van der Waals surface area contributed by atoms with Crippen LogP contribution < -0.4 is 11.1 Å². The highest BCUT2D eigenvalue weighted by molar-refractivity contribution is 5.86. The fourth-order valence-electron chi connectivity index (χ4n) is 1.66. The third kappa shape index (κ3) is 2.80. The van der Waals surface area contributed by atoms with Gasteiger partial charge >= 0.3 is 0 Å². The fourth-order valence-corrected chi connectivity index (χ4v) is 1.66. The first-order chi connectivity index (χ1) is 8.10. The maximum atomic E-state index is 11.8. The SMILES string of the molecule is Cc1noc(CCNC(=O)C2(N)CCOC2)n1. The number of amides is 1. The van der Waals surface area contributed by atoms with Crippen molar-refractivity contribution in [1.82, 2.24) is 15.5 Å². The Morgan fingerprint density at radius 3 is 3.06 bits per heavy atom. The molecule has 2 heterocycles. The Hall–Kier alpha value is -1.47. The van der Waals surface area contributed by atoms with Gasteiger partial charge in [0.2, 0.25) is 11.8 Å². The molecular formula is C10H16N4O3. The van der Waals surface area contributed by atoms with Crippen LogP contribution in [0, 0.1) is 6.92 Å². The lowest BCUT2D eigenvalue weighted by atomic mass is 9.99. The van der Waals surface area contributed by atoms with E-state index in [9.17, 15) is 4.79 Å². The Bertz CT molecular complexity index is 398. The van der Waals surface area contributed by atoms with E-state index in [4.69, 9.17) is 15.0 Å². The summed E-state index contributed by atoms with van der Waals surface area (Å²) in [5.74, 6) is 0.911. The van der Waals surface area contributed by atoms with E-state index in [2.05, 4.69) is 15.5 Å². The van der Waals surface area contributed by atoms with Crippen molar-refractivity contribution in [3.8, 4) is 0 Å². The number of carbonyl (C=O) groups excluding carboxylic acids is 1. The molecular weight excluding hydrogens is 224 g/mol.